The van der Waals surface area contributed by atoms with Crippen LogP contribution in [0.25, 0.3) is 0 Å². The third-order valence-corrected chi connectivity index (χ3v) is 1.17. The molecule has 0 atom stereocenters. The third kappa shape index (κ3) is 3.23. The smallest absolute Gasteiger partial charge is 0.121 e. The highest BCUT2D eigenvalue weighted by Crippen LogP contribution is 2.09. The summed E-state index contributed by atoms with van der Waals surface area (Å²) >= 11 is 0. The summed E-state index contributed by atoms with van der Waals surface area (Å²) in [5.74, 6) is -0.155. The van der Waals surface area contributed by atoms with Crippen molar-refractivity contribution >= 4 is 0 Å². The van der Waals surface area contributed by atoms with Gasteiger partial charge in [0.25, 0.3) is 0 Å². The van der Waals surface area contributed by atoms with E-state index in [1.165, 1.54) is 6.08 Å². The van der Waals surface area contributed by atoms with Crippen LogP contribution in [0.3, 0.4) is 0 Å². The molecular formula is C9H13F. The quantitative estimate of drug-likeness (QED) is 0.516. The molecule has 10 heavy (non-hydrogen) atoms. The average Bonchev–Trinajstić information content (AvgIpc) is 1.98. The van der Waals surface area contributed by atoms with Gasteiger partial charge in [0, 0.05) is 0 Å². The number of rotatable bonds is 2. The first-order valence-corrected chi connectivity index (χ1v) is 3.34. The molecule has 0 radical (unpaired) electrons. The summed E-state index contributed by atoms with van der Waals surface area (Å²) in [6.45, 7) is 5.33. The first-order valence-electron chi connectivity index (χ1n) is 3.34. The molecule has 0 heterocycles. The first-order chi connectivity index (χ1) is 4.72. The molecule has 0 rings (SSSR count). The molecule has 1 heteroatoms. The molecule has 0 aliphatic carbocycles. The van der Waals surface area contributed by atoms with Gasteiger partial charge in [-0.15, -0.1) is 0 Å². The fourth-order valence-electron chi connectivity index (χ4n) is 0.548. The fourth-order valence-corrected chi connectivity index (χ4v) is 0.548. The standard InChI is InChI=1S/C9H13F/c1-4-6-7-8(3)9(10)5-2/h4-7H,1-3H3/b6-4-,8-7-,9-5+. The van der Waals surface area contributed by atoms with Gasteiger partial charge in [0.05, 0.1) is 0 Å². The minimum atomic E-state index is -0.155. The van der Waals surface area contributed by atoms with Crippen molar-refractivity contribution in [1.82, 2.24) is 0 Å². The lowest BCUT2D eigenvalue weighted by atomic mass is 10.2. The highest BCUT2D eigenvalue weighted by atomic mass is 19.1. The minimum absolute atomic E-state index is 0.155. The molecule has 0 saturated heterocycles. The zero-order valence-corrected chi connectivity index (χ0v) is 6.69. The summed E-state index contributed by atoms with van der Waals surface area (Å²) in [6.07, 6.45) is 6.88. The zero-order chi connectivity index (χ0) is 7.98. The minimum Gasteiger partial charge on any atom is -0.207 e. The van der Waals surface area contributed by atoms with Crippen LogP contribution < -0.4 is 0 Å². The van der Waals surface area contributed by atoms with Crippen molar-refractivity contribution in [2.75, 3.05) is 0 Å². The summed E-state index contributed by atoms with van der Waals surface area (Å²) in [7, 11) is 0. The van der Waals surface area contributed by atoms with Crippen LogP contribution in [0.2, 0.25) is 0 Å². The van der Waals surface area contributed by atoms with Gasteiger partial charge in [-0.25, -0.2) is 4.39 Å². The van der Waals surface area contributed by atoms with E-state index in [-0.39, 0.29) is 5.83 Å². The van der Waals surface area contributed by atoms with Crippen molar-refractivity contribution in [1.29, 1.82) is 0 Å². The monoisotopic (exact) mass is 140 g/mol. The Labute approximate surface area is 61.8 Å². The maximum absolute atomic E-state index is 12.6. The van der Waals surface area contributed by atoms with Gasteiger partial charge < -0.3 is 0 Å². The van der Waals surface area contributed by atoms with Gasteiger partial charge in [-0.1, -0.05) is 24.3 Å². The molecule has 0 spiro atoms. The third-order valence-electron chi connectivity index (χ3n) is 1.17. The Bertz CT molecular complexity index is 173. The molecule has 0 fully saturated rings. The normalized spacial score (nSPS) is 14.8. The summed E-state index contributed by atoms with van der Waals surface area (Å²) in [5, 5.41) is 0. The van der Waals surface area contributed by atoms with Crippen molar-refractivity contribution in [2.24, 2.45) is 0 Å². The summed E-state index contributed by atoms with van der Waals surface area (Å²) in [5.41, 5.74) is 0.667. The van der Waals surface area contributed by atoms with E-state index in [4.69, 9.17) is 0 Å². The van der Waals surface area contributed by atoms with E-state index in [2.05, 4.69) is 0 Å². The number of hydrogen-bond acceptors (Lipinski definition) is 0. The van der Waals surface area contributed by atoms with Crippen molar-refractivity contribution in [3.63, 3.8) is 0 Å². The molecule has 0 saturated carbocycles. The molecular weight excluding hydrogens is 127 g/mol. The largest absolute Gasteiger partial charge is 0.207 e. The molecule has 0 aliphatic heterocycles. The molecule has 0 nitrogen and oxygen atoms in total. The topological polar surface area (TPSA) is 0 Å². The van der Waals surface area contributed by atoms with Crippen LogP contribution in [-0.2, 0) is 0 Å². The van der Waals surface area contributed by atoms with Crippen LogP contribution >= 0.6 is 0 Å². The summed E-state index contributed by atoms with van der Waals surface area (Å²) in [6, 6.07) is 0. The highest BCUT2D eigenvalue weighted by molar-refractivity contribution is 5.26. The van der Waals surface area contributed by atoms with Gasteiger partial charge in [0.15, 0.2) is 0 Å². The van der Waals surface area contributed by atoms with Gasteiger partial charge in [-0.05, 0) is 26.3 Å². The van der Waals surface area contributed by atoms with E-state index >= 15 is 0 Å². The predicted octanol–water partition coefficient (Wildman–Crippen LogP) is 3.38. The van der Waals surface area contributed by atoms with Gasteiger partial charge in [0.2, 0.25) is 0 Å². The summed E-state index contributed by atoms with van der Waals surface area (Å²) < 4.78 is 12.6. The van der Waals surface area contributed by atoms with Crippen molar-refractivity contribution < 1.29 is 4.39 Å². The molecule has 56 valence electrons. The lowest BCUT2D eigenvalue weighted by Gasteiger charge is -1.91. The van der Waals surface area contributed by atoms with Crippen LogP contribution in [0, 0.1) is 0 Å². The number of allylic oxidation sites excluding steroid dienone is 6. The van der Waals surface area contributed by atoms with Crippen LogP contribution in [0.15, 0.2) is 35.7 Å². The summed E-state index contributed by atoms with van der Waals surface area (Å²) in [4.78, 5) is 0. The lowest BCUT2D eigenvalue weighted by molar-refractivity contribution is 0.649. The van der Waals surface area contributed by atoms with Crippen molar-refractivity contribution in [2.45, 2.75) is 20.8 Å². The second kappa shape index (κ2) is 4.98. The molecule has 0 bridgehead atoms. The fraction of sp³-hybridized carbons (Fsp3) is 0.333. The molecule has 0 unspecified atom stereocenters. The molecule has 0 aliphatic rings. The van der Waals surface area contributed by atoms with E-state index in [9.17, 15) is 4.39 Å². The Morgan fingerprint density at radius 3 is 2.30 bits per heavy atom. The molecule has 0 aromatic rings. The van der Waals surface area contributed by atoms with Crippen LogP contribution in [-0.4, -0.2) is 0 Å². The maximum atomic E-state index is 12.6. The maximum Gasteiger partial charge on any atom is 0.121 e. The molecule has 0 aromatic heterocycles. The predicted molar refractivity (Wildman–Crippen MR) is 43.4 cm³/mol. The van der Waals surface area contributed by atoms with Gasteiger partial charge >= 0.3 is 0 Å². The molecule has 0 aromatic carbocycles. The van der Waals surface area contributed by atoms with E-state index in [1.54, 1.807) is 19.9 Å². The van der Waals surface area contributed by atoms with Crippen molar-refractivity contribution in [3.05, 3.63) is 35.7 Å². The second-order valence-electron chi connectivity index (χ2n) is 2.01. The van der Waals surface area contributed by atoms with Crippen molar-refractivity contribution in [3.8, 4) is 0 Å². The zero-order valence-electron chi connectivity index (χ0n) is 6.69. The highest BCUT2D eigenvalue weighted by Gasteiger charge is 1.91. The Hall–Kier alpha value is -0.850. The van der Waals surface area contributed by atoms with E-state index < -0.39 is 0 Å². The molecule has 0 N–H and O–H groups in total. The van der Waals surface area contributed by atoms with Crippen LogP contribution in [0.5, 0.6) is 0 Å². The Balaban J connectivity index is 4.19. The second-order valence-corrected chi connectivity index (χ2v) is 2.01. The molecule has 0 amide bonds. The van der Waals surface area contributed by atoms with Gasteiger partial charge in [-0.2, -0.15) is 0 Å². The Morgan fingerprint density at radius 1 is 1.30 bits per heavy atom. The number of hydrogen-bond donors (Lipinski definition) is 0. The first kappa shape index (κ1) is 9.15. The van der Waals surface area contributed by atoms with Crippen LogP contribution in [0.1, 0.15) is 20.8 Å². The van der Waals surface area contributed by atoms with E-state index in [1.807, 2.05) is 19.1 Å². The number of halogens is 1. The van der Waals surface area contributed by atoms with E-state index in [0.29, 0.717) is 5.57 Å². The SMILES string of the molecule is C\C=C/C=C(C)\C(F)=C/C. The van der Waals surface area contributed by atoms with Gasteiger partial charge in [0.1, 0.15) is 5.83 Å². The van der Waals surface area contributed by atoms with Gasteiger partial charge in [-0.3, -0.25) is 0 Å². The van der Waals surface area contributed by atoms with Crippen LogP contribution in [0.4, 0.5) is 4.39 Å². The lowest BCUT2D eigenvalue weighted by Crippen LogP contribution is -1.73. The Kier molecular flexibility index (Phi) is 4.55. The Morgan fingerprint density at radius 2 is 1.90 bits per heavy atom. The average molecular weight is 140 g/mol. The van der Waals surface area contributed by atoms with E-state index in [0.717, 1.165) is 0 Å².